The van der Waals surface area contributed by atoms with Crippen LogP contribution in [0.4, 0.5) is 26.3 Å². The Labute approximate surface area is 188 Å². The van der Waals surface area contributed by atoms with E-state index in [-0.39, 0.29) is 23.8 Å². The van der Waals surface area contributed by atoms with Crippen LogP contribution in [0.2, 0.25) is 0 Å². The van der Waals surface area contributed by atoms with Crippen molar-refractivity contribution < 1.29 is 31.1 Å². The van der Waals surface area contributed by atoms with E-state index in [1.807, 2.05) is 12.1 Å². The van der Waals surface area contributed by atoms with Crippen molar-refractivity contribution in [3.8, 4) is 0 Å². The van der Waals surface area contributed by atoms with E-state index >= 15 is 0 Å². The predicted octanol–water partition coefficient (Wildman–Crippen LogP) is 5.24. The number of hydrogen-bond acceptors (Lipinski definition) is 3. The Hall–Kier alpha value is -2.10. The SMILES string of the molecule is C[C@H](OCC1(N2CCNCC2)Cc2ccccc2C1)c1cc(C(F)(F)F)cc(C(F)(F)F)c1. The summed E-state index contributed by atoms with van der Waals surface area (Å²) in [6, 6.07) is 9.71. The van der Waals surface area contributed by atoms with E-state index in [9.17, 15) is 26.3 Å². The van der Waals surface area contributed by atoms with Crippen molar-refractivity contribution in [2.45, 2.75) is 43.8 Å². The summed E-state index contributed by atoms with van der Waals surface area (Å²) in [5.41, 5.74) is -0.769. The summed E-state index contributed by atoms with van der Waals surface area (Å²) in [5.74, 6) is 0. The van der Waals surface area contributed by atoms with Crippen LogP contribution in [-0.2, 0) is 29.9 Å². The highest BCUT2D eigenvalue weighted by molar-refractivity contribution is 5.37. The van der Waals surface area contributed by atoms with Crippen LogP contribution in [0, 0.1) is 0 Å². The molecule has 1 saturated heterocycles. The molecule has 1 fully saturated rings. The first kappa shape index (κ1) is 24.0. The molecule has 1 aliphatic carbocycles. The molecular formula is C24H26F6N2O. The zero-order valence-electron chi connectivity index (χ0n) is 18.2. The van der Waals surface area contributed by atoms with Crippen LogP contribution < -0.4 is 5.32 Å². The summed E-state index contributed by atoms with van der Waals surface area (Å²) in [7, 11) is 0. The van der Waals surface area contributed by atoms with E-state index in [2.05, 4.69) is 22.3 Å². The molecule has 0 radical (unpaired) electrons. The molecule has 0 unspecified atom stereocenters. The Balaban J connectivity index is 1.59. The summed E-state index contributed by atoms with van der Waals surface area (Å²) in [6.07, 6.45) is -9.24. The molecule has 1 atom stereocenters. The summed E-state index contributed by atoms with van der Waals surface area (Å²) in [5, 5.41) is 3.31. The van der Waals surface area contributed by atoms with Crippen molar-refractivity contribution in [2.24, 2.45) is 0 Å². The summed E-state index contributed by atoms with van der Waals surface area (Å²) in [6.45, 7) is 4.94. The highest BCUT2D eigenvalue weighted by atomic mass is 19.4. The molecule has 0 spiro atoms. The van der Waals surface area contributed by atoms with E-state index in [4.69, 9.17) is 4.74 Å². The number of halogens is 6. The van der Waals surface area contributed by atoms with Gasteiger partial charge in [0.25, 0.3) is 0 Å². The molecule has 2 aliphatic rings. The number of alkyl halides is 6. The lowest BCUT2D eigenvalue weighted by atomic mass is 9.93. The molecule has 33 heavy (non-hydrogen) atoms. The monoisotopic (exact) mass is 472 g/mol. The van der Waals surface area contributed by atoms with Crippen LogP contribution in [0.5, 0.6) is 0 Å². The third-order valence-corrected chi connectivity index (χ3v) is 6.63. The normalized spacial score (nSPS) is 20.0. The van der Waals surface area contributed by atoms with Crippen LogP contribution >= 0.6 is 0 Å². The topological polar surface area (TPSA) is 24.5 Å². The van der Waals surface area contributed by atoms with Gasteiger partial charge in [0, 0.05) is 26.2 Å². The van der Waals surface area contributed by atoms with Crippen molar-refractivity contribution in [2.75, 3.05) is 32.8 Å². The Bertz CT molecular complexity index is 924. The second kappa shape index (κ2) is 8.92. The first-order valence-corrected chi connectivity index (χ1v) is 10.9. The van der Waals surface area contributed by atoms with Gasteiger partial charge in [0.05, 0.1) is 29.4 Å². The van der Waals surface area contributed by atoms with Gasteiger partial charge in [-0.3, -0.25) is 4.90 Å². The average molecular weight is 472 g/mol. The molecule has 180 valence electrons. The van der Waals surface area contributed by atoms with Gasteiger partial charge in [-0.2, -0.15) is 26.3 Å². The smallest absolute Gasteiger partial charge is 0.372 e. The third-order valence-electron chi connectivity index (χ3n) is 6.63. The molecule has 9 heteroatoms. The summed E-state index contributed by atoms with van der Waals surface area (Å²) < 4.78 is 85.6. The fraction of sp³-hybridized carbons (Fsp3) is 0.500. The van der Waals surface area contributed by atoms with Gasteiger partial charge >= 0.3 is 12.4 Å². The zero-order valence-corrected chi connectivity index (χ0v) is 18.2. The second-order valence-electron chi connectivity index (χ2n) is 8.88. The van der Waals surface area contributed by atoms with Gasteiger partial charge < -0.3 is 10.1 Å². The molecule has 1 heterocycles. The second-order valence-corrected chi connectivity index (χ2v) is 8.88. The first-order chi connectivity index (χ1) is 15.5. The lowest BCUT2D eigenvalue weighted by Crippen LogP contribution is -2.59. The van der Waals surface area contributed by atoms with Gasteiger partial charge in [0.2, 0.25) is 0 Å². The summed E-state index contributed by atoms with van der Waals surface area (Å²) >= 11 is 0. The average Bonchev–Trinajstić information content (AvgIpc) is 3.16. The molecule has 0 bridgehead atoms. The maximum atomic E-state index is 13.3. The number of nitrogens with zero attached hydrogens (tertiary/aromatic N) is 1. The quantitative estimate of drug-likeness (QED) is 0.602. The van der Waals surface area contributed by atoms with E-state index in [0.29, 0.717) is 0 Å². The molecule has 0 saturated carbocycles. The highest BCUT2D eigenvalue weighted by Crippen LogP contribution is 2.39. The molecule has 2 aromatic rings. The maximum absolute atomic E-state index is 13.3. The minimum absolute atomic E-state index is 0.136. The molecule has 4 rings (SSSR count). The largest absolute Gasteiger partial charge is 0.416 e. The zero-order chi connectivity index (χ0) is 23.9. The first-order valence-electron chi connectivity index (χ1n) is 10.9. The van der Waals surface area contributed by atoms with E-state index in [0.717, 1.165) is 51.2 Å². The number of rotatable bonds is 5. The van der Waals surface area contributed by atoms with Crippen LogP contribution in [0.1, 0.15) is 40.8 Å². The molecule has 1 aliphatic heterocycles. The van der Waals surface area contributed by atoms with Crippen LogP contribution in [0.3, 0.4) is 0 Å². The molecule has 3 nitrogen and oxygen atoms in total. The van der Waals surface area contributed by atoms with Crippen molar-refractivity contribution in [1.82, 2.24) is 10.2 Å². The highest BCUT2D eigenvalue weighted by Gasteiger charge is 2.43. The summed E-state index contributed by atoms with van der Waals surface area (Å²) in [4.78, 5) is 2.34. The number of ether oxygens (including phenoxy) is 1. The molecule has 1 N–H and O–H groups in total. The van der Waals surface area contributed by atoms with Crippen molar-refractivity contribution in [3.63, 3.8) is 0 Å². The van der Waals surface area contributed by atoms with Crippen LogP contribution in [0.25, 0.3) is 0 Å². The number of fused-ring (bicyclic) bond motifs is 1. The Kier molecular flexibility index (Phi) is 6.50. The Morgan fingerprint density at radius 2 is 1.42 bits per heavy atom. The van der Waals surface area contributed by atoms with Crippen molar-refractivity contribution in [3.05, 3.63) is 70.3 Å². The standard InChI is InChI=1S/C24H26F6N2O/c1-16(19-10-20(23(25,26)27)12-21(11-19)24(28,29)30)33-15-22(32-8-6-31-7-9-32)13-17-4-2-3-5-18(17)14-22/h2-5,10-12,16,31H,6-9,13-15H2,1H3/t16-/m0/s1. The minimum atomic E-state index is -4.88. The van der Waals surface area contributed by atoms with Gasteiger partial charge in [-0.1, -0.05) is 24.3 Å². The Morgan fingerprint density at radius 1 is 0.909 bits per heavy atom. The number of benzene rings is 2. The van der Waals surface area contributed by atoms with Gasteiger partial charge in [0.15, 0.2) is 0 Å². The fourth-order valence-corrected chi connectivity index (χ4v) is 4.82. The van der Waals surface area contributed by atoms with Crippen molar-refractivity contribution in [1.29, 1.82) is 0 Å². The molecular weight excluding hydrogens is 446 g/mol. The lowest BCUT2D eigenvalue weighted by molar-refractivity contribution is -0.143. The van der Waals surface area contributed by atoms with Gasteiger partial charge in [-0.15, -0.1) is 0 Å². The Morgan fingerprint density at radius 3 is 1.91 bits per heavy atom. The third kappa shape index (κ3) is 5.20. The van der Waals surface area contributed by atoms with Crippen molar-refractivity contribution >= 4 is 0 Å². The maximum Gasteiger partial charge on any atom is 0.416 e. The van der Waals surface area contributed by atoms with Crippen LogP contribution in [0.15, 0.2) is 42.5 Å². The molecule has 0 aromatic heterocycles. The number of piperazine rings is 1. The van der Waals surface area contributed by atoms with E-state index < -0.39 is 29.6 Å². The lowest BCUT2D eigenvalue weighted by Gasteiger charge is -2.44. The van der Waals surface area contributed by atoms with Gasteiger partial charge in [-0.25, -0.2) is 0 Å². The van der Waals surface area contributed by atoms with Gasteiger partial charge in [-0.05, 0) is 54.7 Å². The van der Waals surface area contributed by atoms with E-state index in [1.54, 1.807) is 0 Å². The minimum Gasteiger partial charge on any atom is -0.372 e. The predicted molar refractivity (Wildman–Crippen MR) is 112 cm³/mol. The molecule has 0 amide bonds. The molecule has 2 aromatic carbocycles. The number of nitrogens with one attached hydrogen (secondary N) is 1. The number of hydrogen-bond donors (Lipinski definition) is 1. The van der Waals surface area contributed by atoms with Crippen LogP contribution in [-0.4, -0.2) is 43.2 Å². The fourth-order valence-electron chi connectivity index (χ4n) is 4.82. The van der Waals surface area contributed by atoms with Gasteiger partial charge in [0.1, 0.15) is 0 Å². The van der Waals surface area contributed by atoms with E-state index in [1.165, 1.54) is 18.1 Å².